The van der Waals surface area contributed by atoms with E-state index in [4.69, 9.17) is 5.26 Å². The second-order valence-electron chi connectivity index (χ2n) is 8.30. The molecule has 8 heteroatoms. The molecular formula is C22H26N6O2. The zero-order chi connectivity index (χ0) is 21.1. The number of aromatic nitrogens is 2. The third kappa shape index (κ3) is 4.30. The van der Waals surface area contributed by atoms with Crippen LogP contribution in [0.4, 0.5) is 5.82 Å². The molecule has 3 atom stereocenters. The minimum Gasteiger partial charge on any atom is -0.336 e. The van der Waals surface area contributed by atoms with Crippen molar-refractivity contribution in [1.29, 1.82) is 5.26 Å². The van der Waals surface area contributed by atoms with Crippen molar-refractivity contribution in [1.82, 2.24) is 19.4 Å². The van der Waals surface area contributed by atoms with Crippen molar-refractivity contribution >= 4 is 17.6 Å². The molecular weight excluding hydrogens is 380 g/mol. The minimum absolute atomic E-state index is 0.0454. The molecule has 0 spiro atoms. The van der Waals surface area contributed by atoms with E-state index in [-0.39, 0.29) is 23.8 Å². The van der Waals surface area contributed by atoms with E-state index in [1.807, 2.05) is 46.0 Å². The van der Waals surface area contributed by atoms with Crippen LogP contribution in [0.25, 0.3) is 0 Å². The van der Waals surface area contributed by atoms with E-state index in [2.05, 4.69) is 23.4 Å². The quantitative estimate of drug-likeness (QED) is 0.787. The van der Waals surface area contributed by atoms with E-state index in [1.54, 1.807) is 11.2 Å². The number of anilines is 1. The summed E-state index contributed by atoms with van der Waals surface area (Å²) < 4.78 is 1.99. The molecule has 8 nitrogen and oxygen atoms in total. The van der Waals surface area contributed by atoms with Gasteiger partial charge in [-0.3, -0.25) is 9.59 Å². The van der Waals surface area contributed by atoms with Gasteiger partial charge in [0.25, 0.3) is 5.91 Å². The van der Waals surface area contributed by atoms with Crippen molar-refractivity contribution in [2.75, 3.05) is 31.5 Å². The number of piperidine rings is 1. The van der Waals surface area contributed by atoms with Crippen LogP contribution in [0.2, 0.25) is 0 Å². The highest BCUT2D eigenvalue weighted by Crippen LogP contribution is 2.28. The number of rotatable bonds is 4. The first-order chi connectivity index (χ1) is 14.5. The zero-order valence-electron chi connectivity index (χ0n) is 17.1. The van der Waals surface area contributed by atoms with Gasteiger partial charge in [-0.25, -0.2) is 4.98 Å². The molecule has 2 aromatic rings. The molecule has 2 saturated heterocycles. The maximum atomic E-state index is 12.9. The summed E-state index contributed by atoms with van der Waals surface area (Å²) in [5.41, 5.74) is 0.701. The maximum Gasteiger partial charge on any atom is 0.253 e. The van der Waals surface area contributed by atoms with E-state index in [0.717, 1.165) is 13.0 Å². The number of nitrogens with zero attached hydrogens (tertiary/aromatic N) is 5. The van der Waals surface area contributed by atoms with E-state index in [9.17, 15) is 9.59 Å². The SMILES string of the molecule is CC1CC(n2cnc(NC(=O)[C@H]3CCN(C#N)C3)c2)CN(C(=O)c2ccccc2)C1. The van der Waals surface area contributed by atoms with Crippen LogP contribution >= 0.6 is 0 Å². The molecule has 0 bridgehead atoms. The first-order valence-corrected chi connectivity index (χ1v) is 10.4. The van der Waals surface area contributed by atoms with Crippen LogP contribution in [-0.4, -0.2) is 57.3 Å². The number of nitrogens with one attached hydrogen (secondary N) is 1. The molecule has 0 radical (unpaired) electrons. The summed E-state index contributed by atoms with van der Waals surface area (Å²) >= 11 is 0. The molecule has 2 fully saturated rings. The lowest BCUT2D eigenvalue weighted by molar-refractivity contribution is -0.119. The molecule has 30 heavy (non-hydrogen) atoms. The highest BCUT2D eigenvalue weighted by atomic mass is 16.2. The summed E-state index contributed by atoms with van der Waals surface area (Å²) in [6.45, 7) is 4.58. The lowest BCUT2D eigenvalue weighted by atomic mass is 9.95. The molecule has 2 unspecified atom stereocenters. The molecule has 1 aromatic carbocycles. The van der Waals surface area contributed by atoms with E-state index in [1.165, 1.54) is 0 Å². The van der Waals surface area contributed by atoms with Crippen molar-refractivity contribution in [2.45, 2.75) is 25.8 Å². The molecule has 0 aliphatic carbocycles. The number of amides is 2. The van der Waals surface area contributed by atoms with Crippen LogP contribution in [-0.2, 0) is 4.79 Å². The monoisotopic (exact) mass is 406 g/mol. The highest BCUT2D eigenvalue weighted by Gasteiger charge is 2.30. The van der Waals surface area contributed by atoms with Gasteiger partial charge in [0.05, 0.1) is 18.3 Å². The molecule has 4 rings (SSSR count). The number of benzene rings is 1. The average Bonchev–Trinajstić information content (AvgIpc) is 3.43. The third-order valence-corrected chi connectivity index (χ3v) is 5.92. The van der Waals surface area contributed by atoms with Crippen LogP contribution < -0.4 is 5.32 Å². The fraction of sp³-hybridized carbons (Fsp3) is 0.455. The summed E-state index contributed by atoms with van der Waals surface area (Å²) in [6, 6.07) is 9.46. The second-order valence-corrected chi connectivity index (χ2v) is 8.30. The van der Waals surface area contributed by atoms with Crippen molar-refractivity contribution in [2.24, 2.45) is 11.8 Å². The smallest absolute Gasteiger partial charge is 0.253 e. The molecule has 1 aromatic heterocycles. The second kappa shape index (κ2) is 8.57. The summed E-state index contributed by atoms with van der Waals surface area (Å²) in [5, 5.41) is 11.8. The van der Waals surface area contributed by atoms with E-state index >= 15 is 0 Å². The van der Waals surface area contributed by atoms with Gasteiger partial charge in [0.15, 0.2) is 12.0 Å². The fourth-order valence-corrected chi connectivity index (χ4v) is 4.36. The Morgan fingerprint density at radius 3 is 2.73 bits per heavy atom. The topological polar surface area (TPSA) is 94.3 Å². The summed E-state index contributed by atoms with van der Waals surface area (Å²) in [5.74, 6) is 0.630. The largest absolute Gasteiger partial charge is 0.336 e. The van der Waals surface area contributed by atoms with Crippen molar-refractivity contribution in [3.8, 4) is 6.19 Å². The number of likely N-dealkylation sites (tertiary alicyclic amines) is 2. The number of carbonyl (C=O) groups is 2. The Balaban J connectivity index is 1.40. The fourth-order valence-electron chi connectivity index (χ4n) is 4.36. The van der Waals surface area contributed by atoms with Gasteiger partial charge in [0.1, 0.15) is 0 Å². The number of hydrogen-bond acceptors (Lipinski definition) is 5. The first kappa shape index (κ1) is 20.0. The lowest BCUT2D eigenvalue weighted by Gasteiger charge is -2.37. The molecule has 2 amide bonds. The summed E-state index contributed by atoms with van der Waals surface area (Å²) in [6.07, 6.45) is 7.27. The summed E-state index contributed by atoms with van der Waals surface area (Å²) in [4.78, 5) is 33.2. The predicted molar refractivity (Wildman–Crippen MR) is 111 cm³/mol. The number of carbonyl (C=O) groups excluding carboxylic acids is 2. The van der Waals surface area contributed by atoms with Crippen molar-refractivity contribution in [3.05, 3.63) is 48.4 Å². The van der Waals surface area contributed by atoms with Crippen molar-refractivity contribution in [3.63, 3.8) is 0 Å². The van der Waals surface area contributed by atoms with E-state index in [0.29, 0.717) is 43.4 Å². The van der Waals surface area contributed by atoms with E-state index < -0.39 is 0 Å². The average molecular weight is 406 g/mol. The maximum absolute atomic E-state index is 12.9. The third-order valence-electron chi connectivity index (χ3n) is 5.92. The highest BCUT2D eigenvalue weighted by molar-refractivity contribution is 5.94. The van der Waals surface area contributed by atoms with Gasteiger partial charge in [-0.1, -0.05) is 25.1 Å². The van der Waals surface area contributed by atoms with Crippen molar-refractivity contribution < 1.29 is 9.59 Å². The van der Waals surface area contributed by atoms with Gasteiger partial charge in [-0.15, -0.1) is 0 Å². The summed E-state index contributed by atoms with van der Waals surface area (Å²) in [7, 11) is 0. The van der Waals surface area contributed by atoms with Gasteiger partial charge in [0, 0.05) is 37.9 Å². The number of nitriles is 1. The molecule has 0 saturated carbocycles. The molecule has 2 aliphatic heterocycles. The molecule has 2 aliphatic rings. The Hall–Kier alpha value is -3.34. The Labute approximate surface area is 176 Å². The van der Waals surface area contributed by atoms with Crippen LogP contribution in [0.1, 0.15) is 36.2 Å². The Morgan fingerprint density at radius 2 is 2.00 bits per heavy atom. The lowest BCUT2D eigenvalue weighted by Crippen LogP contribution is -2.43. The van der Waals surface area contributed by atoms with Gasteiger partial charge in [-0.2, -0.15) is 5.26 Å². The number of imidazole rings is 1. The Kier molecular flexibility index (Phi) is 5.70. The van der Waals surface area contributed by atoms with Crippen LogP contribution in [0.5, 0.6) is 0 Å². The first-order valence-electron chi connectivity index (χ1n) is 10.4. The Morgan fingerprint density at radius 1 is 1.20 bits per heavy atom. The zero-order valence-corrected chi connectivity index (χ0v) is 17.1. The van der Waals surface area contributed by atoms with Gasteiger partial charge >= 0.3 is 0 Å². The standard InChI is InChI=1S/C22H26N6O2/c1-16-9-19(12-27(10-16)22(30)17-5-3-2-4-6-17)28-13-20(24-15-28)25-21(29)18-7-8-26(11-18)14-23/h2-6,13,15-16,18-19H,7-12H2,1H3,(H,25,29)/t16?,18-,19?/m0/s1. The van der Waals surface area contributed by atoms with Crippen LogP contribution in [0.15, 0.2) is 42.9 Å². The normalized spacial score (nSPS) is 23.8. The number of hydrogen-bond donors (Lipinski definition) is 1. The molecule has 3 heterocycles. The van der Waals surface area contributed by atoms with Crippen LogP contribution in [0, 0.1) is 23.3 Å². The van der Waals surface area contributed by atoms with Gasteiger partial charge < -0.3 is 19.7 Å². The Bertz CT molecular complexity index is 950. The van der Waals surface area contributed by atoms with Gasteiger partial charge in [0.2, 0.25) is 5.91 Å². The minimum atomic E-state index is -0.191. The molecule has 1 N–H and O–H groups in total. The van der Waals surface area contributed by atoms with Gasteiger partial charge in [-0.05, 0) is 30.9 Å². The predicted octanol–water partition coefficient (Wildman–Crippen LogP) is 2.35. The van der Waals surface area contributed by atoms with Crippen LogP contribution in [0.3, 0.4) is 0 Å². The molecule has 156 valence electrons.